The van der Waals surface area contributed by atoms with Crippen LogP contribution in [-0.4, -0.2) is 49.4 Å². The summed E-state index contributed by atoms with van der Waals surface area (Å²) in [6.45, 7) is 0.662. The fourth-order valence-electron chi connectivity index (χ4n) is 3.93. The van der Waals surface area contributed by atoms with E-state index in [4.69, 9.17) is 23.2 Å². The van der Waals surface area contributed by atoms with Gasteiger partial charge in [0.1, 0.15) is 0 Å². The van der Waals surface area contributed by atoms with Crippen LogP contribution < -0.4 is 4.90 Å². The highest BCUT2D eigenvalue weighted by Crippen LogP contribution is 2.37. The minimum Gasteiger partial charge on any atom is -0.304 e. The molecule has 4 rings (SSSR count). The Labute approximate surface area is 168 Å². The van der Waals surface area contributed by atoms with E-state index in [1.54, 1.807) is 18.2 Å². The predicted octanol–water partition coefficient (Wildman–Crippen LogP) is 3.01. The van der Waals surface area contributed by atoms with Gasteiger partial charge in [0.2, 0.25) is 5.91 Å². The van der Waals surface area contributed by atoms with Crippen LogP contribution in [0, 0.1) is 0 Å². The van der Waals surface area contributed by atoms with E-state index >= 15 is 0 Å². The van der Waals surface area contributed by atoms with E-state index in [1.165, 1.54) is 4.90 Å². The molecule has 2 aliphatic rings. The summed E-state index contributed by atoms with van der Waals surface area (Å²) in [5, 5.41) is 0.832. The van der Waals surface area contributed by atoms with E-state index in [0.29, 0.717) is 22.3 Å². The highest BCUT2D eigenvalue weighted by atomic mass is 35.5. The molecule has 2 aromatic carbocycles. The van der Waals surface area contributed by atoms with Crippen LogP contribution >= 0.6 is 23.2 Å². The first kappa shape index (κ1) is 18.7. The number of carbonyl (C=O) groups excluding carboxylic acids is 1. The molecule has 0 saturated carbocycles. The minimum atomic E-state index is -3.25. The zero-order valence-electron chi connectivity index (χ0n) is 14.4. The van der Waals surface area contributed by atoms with Crippen molar-refractivity contribution in [1.29, 1.82) is 0 Å². The van der Waals surface area contributed by atoms with Gasteiger partial charge in [-0.3, -0.25) is 9.69 Å². The average molecular weight is 425 g/mol. The smallest absolute Gasteiger partial charge is 0.241 e. The maximum absolute atomic E-state index is 13.0. The van der Waals surface area contributed by atoms with Gasteiger partial charge in [-0.25, -0.2) is 8.42 Å². The molecule has 2 aromatic rings. The summed E-state index contributed by atoms with van der Waals surface area (Å²) in [5.74, 6) is -0.210. The number of hydrogen-bond donors (Lipinski definition) is 0. The van der Waals surface area contributed by atoms with Gasteiger partial charge < -0.3 is 4.90 Å². The van der Waals surface area contributed by atoms with Crippen LogP contribution in [0.4, 0.5) is 5.69 Å². The molecule has 0 bridgehead atoms. The lowest BCUT2D eigenvalue weighted by atomic mass is 10.0. The van der Waals surface area contributed by atoms with Gasteiger partial charge in [0.05, 0.1) is 34.8 Å². The zero-order chi connectivity index (χ0) is 19.2. The molecule has 1 amide bonds. The number of benzene rings is 2. The molecule has 0 aromatic heterocycles. The molecular formula is C19H18Cl2N2O3S. The van der Waals surface area contributed by atoms with E-state index in [-0.39, 0.29) is 30.0 Å². The lowest BCUT2D eigenvalue weighted by Crippen LogP contribution is -2.61. The summed E-state index contributed by atoms with van der Waals surface area (Å²) in [6, 6.07) is 13.9. The first-order valence-corrected chi connectivity index (χ1v) is 11.2. The average Bonchev–Trinajstić information content (AvgIpc) is 2.94. The summed E-state index contributed by atoms with van der Waals surface area (Å²) >= 11 is 12.4. The van der Waals surface area contributed by atoms with E-state index in [9.17, 15) is 13.2 Å². The number of amides is 1. The monoisotopic (exact) mass is 424 g/mol. The summed E-state index contributed by atoms with van der Waals surface area (Å²) in [6.07, 6.45) is 0. The van der Waals surface area contributed by atoms with Crippen molar-refractivity contribution in [2.45, 2.75) is 18.6 Å². The van der Waals surface area contributed by atoms with Crippen molar-refractivity contribution in [3.63, 3.8) is 0 Å². The number of piperazine rings is 1. The Kier molecular flexibility index (Phi) is 4.93. The highest BCUT2D eigenvalue weighted by molar-refractivity contribution is 7.91. The quantitative estimate of drug-likeness (QED) is 0.759. The van der Waals surface area contributed by atoms with Gasteiger partial charge in [-0.2, -0.15) is 0 Å². The standard InChI is InChI=1S/C19H18Cl2N2O3S/c20-14-6-7-15(21)16(8-14)23-18-12-27(25,26)11-17(18)22(10-19(23)24)9-13-4-2-1-3-5-13/h1-8,17-18H,9-12H2. The van der Waals surface area contributed by atoms with Gasteiger partial charge in [-0.05, 0) is 23.8 Å². The molecule has 2 heterocycles. The number of carbonyl (C=O) groups is 1. The molecule has 27 heavy (non-hydrogen) atoms. The Morgan fingerprint density at radius 3 is 2.44 bits per heavy atom. The molecule has 5 nitrogen and oxygen atoms in total. The molecule has 0 aliphatic carbocycles. The highest BCUT2D eigenvalue weighted by Gasteiger charge is 2.50. The maximum atomic E-state index is 13.0. The number of anilines is 1. The summed E-state index contributed by atoms with van der Waals surface area (Å²) in [5.41, 5.74) is 1.52. The molecule has 2 saturated heterocycles. The van der Waals surface area contributed by atoms with Crippen molar-refractivity contribution in [2.75, 3.05) is 23.0 Å². The third-order valence-corrected chi connectivity index (χ3v) is 7.35. The molecular weight excluding hydrogens is 407 g/mol. The Morgan fingerprint density at radius 2 is 1.70 bits per heavy atom. The fraction of sp³-hybridized carbons (Fsp3) is 0.316. The second-order valence-electron chi connectivity index (χ2n) is 6.96. The molecule has 8 heteroatoms. The molecule has 0 N–H and O–H groups in total. The summed E-state index contributed by atoms with van der Waals surface area (Å²) < 4.78 is 24.8. The molecule has 142 valence electrons. The fourth-order valence-corrected chi connectivity index (χ4v) is 6.29. The number of sulfone groups is 1. The number of nitrogens with zero attached hydrogens (tertiary/aromatic N) is 2. The number of hydrogen-bond acceptors (Lipinski definition) is 4. The van der Waals surface area contributed by atoms with E-state index < -0.39 is 15.9 Å². The molecule has 2 aliphatic heterocycles. The molecule has 0 spiro atoms. The largest absolute Gasteiger partial charge is 0.304 e. The zero-order valence-corrected chi connectivity index (χ0v) is 16.7. The Morgan fingerprint density at radius 1 is 1.00 bits per heavy atom. The van der Waals surface area contributed by atoms with Crippen LogP contribution in [0.15, 0.2) is 48.5 Å². The van der Waals surface area contributed by atoms with Crippen molar-refractivity contribution >= 4 is 44.6 Å². The van der Waals surface area contributed by atoms with Crippen molar-refractivity contribution in [2.24, 2.45) is 0 Å². The normalized spacial score (nSPS) is 24.8. The van der Waals surface area contributed by atoms with E-state index in [2.05, 4.69) is 0 Å². The Hall–Kier alpha value is -1.60. The topological polar surface area (TPSA) is 57.7 Å². The van der Waals surface area contributed by atoms with Crippen LogP contribution in [0.25, 0.3) is 0 Å². The molecule has 2 fully saturated rings. The van der Waals surface area contributed by atoms with Gasteiger partial charge in [0.25, 0.3) is 0 Å². The van der Waals surface area contributed by atoms with Gasteiger partial charge in [0.15, 0.2) is 9.84 Å². The van der Waals surface area contributed by atoms with Crippen molar-refractivity contribution in [3.8, 4) is 0 Å². The van der Waals surface area contributed by atoms with E-state index in [0.717, 1.165) is 5.56 Å². The van der Waals surface area contributed by atoms with Crippen LogP contribution in [-0.2, 0) is 21.2 Å². The number of fused-ring (bicyclic) bond motifs is 1. The van der Waals surface area contributed by atoms with Crippen molar-refractivity contribution in [1.82, 2.24) is 4.90 Å². The summed E-state index contributed by atoms with van der Waals surface area (Å²) in [7, 11) is -3.25. The van der Waals surface area contributed by atoms with Gasteiger partial charge in [-0.15, -0.1) is 0 Å². The van der Waals surface area contributed by atoms with E-state index in [1.807, 2.05) is 35.2 Å². The molecule has 0 radical (unpaired) electrons. The molecule has 2 unspecified atom stereocenters. The minimum absolute atomic E-state index is 0.0342. The van der Waals surface area contributed by atoms with Gasteiger partial charge in [0, 0.05) is 17.6 Å². The summed E-state index contributed by atoms with van der Waals surface area (Å²) in [4.78, 5) is 16.5. The van der Waals surface area contributed by atoms with Crippen LogP contribution in [0.5, 0.6) is 0 Å². The molecule has 2 atom stereocenters. The first-order chi connectivity index (χ1) is 12.8. The lowest BCUT2D eigenvalue weighted by molar-refractivity contribution is -0.123. The SMILES string of the molecule is O=C1CN(Cc2ccccc2)C2CS(=O)(=O)CC2N1c1cc(Cl)ccc1Cl. The van der Waals surface area contributed by atoms with Gasteiger partial charge >= 0.3 is 0 Å². The third-order valence-electron chi connectivity index (χ3n) is 5.10. The first-order valence-electron chi connectivity index (χ1n) is 8.59. The van der Waals surface area contributed by atoms with Crippen LogP contribution in [0.1, 0.15) is 5.56 Å². The second kappa shape index (κ2) is 7.09. The lowest BCUT2D eigenvalue weighted by Gasteiger charge is -2.43. The number of rotatable bonds is 3. The number of halogens is 2. The Balaban J connectivity index is 1.71. The third kappa shape index (κ3) is 3.72. The van der Waals surface area contributed by atoms with Crippen LogP contribution in [0.2, 0.25) is 10.0 Å². The van der Waals surface area contributed by atoms with Crippen molar-refractivity contribution < 1.29 is 13.2 Å². The van der Waals surface area contributed by atoms with Crippen LogP contribution in [0.3, 0.4) is 0 Å². The predicted molar refractivity (Wildman–Crippen MR) is 107 cm³/mol. The second-order valence-corrected chi connectivity index (χ2v) is 9.96. The maximum Gasteiger partial charge on any atom is 0.241 e. The van der Waals surface area contributed by atoms with Gasteiger partial charge in [-0.1, -0.05) is 53.5 Å². The Bertz CT molecular complexity index is 982. The van der Waals surface area contributed by atoms with Crippen molar-refractivity contribution in [3.05, 3.63) is 64.1 Å².